The fourth-order valence-electron chi connectivity index (χ4n) is 1.63. The lowest BCUT2D eigenvalue weighted by Crippen LogP contribution is -2.22. The van der Waals surface area contributed by atoms with Crippen LogP contribution in [0.1, 0.15) is 6.92 Å². The normalized spacial score (nSPS) is 12.9. The van der Waals surface area contributed by atoms with Crippen LogP contribution in [-0.4, -0.2) is 25.1 Å². The van der Waals surface area contributed by atoms with E-state index in [-0.39, 0.29) is 0 Å². The monoisotopic (exact) mass is 235 g/mol. The Morgan fingerprint density at radius 1 is 1.31 bits per heavy atom. The van der Waals surface area contributed by atoms with Crippen molar-refractivity contribution < 1.29 is 0 Å². The summed E-state index contributed by atoms with van der Waals surface area (Å²) in [5, 5.41) is 7.58. The molecule has 2 N–H and O–H groups in total. The summed E-state index contributed by atoms with van der Waals surface area (Å²) < 4.78 is 1.24. The van der Waals surface area contributed by atoms with Crippen molar-refractivity contribution in [2.75, 3.05) is 25.5 Å². The maximum absolute atomic E-state index is 4.53. The van der Waals surface area contributed by atoms with E-state index in [0.29, 0.717) is 5.92 Å². The second kappa shape index (κ2) is 5.27. The lowest BCUT2D eigenvalue weighted by Gasteiger charge is -2.10. The molecule has 16 heavy (non-hydrogen) atoms. The summed E-state index contributed by atoms with van der Waals surface area (Å²) in [4.78, 5) is 4.53. The number of anilines is 1. The summed E-state index contributed by atoms with van der Waals surface area (Å²) in [5.41, 5.74) is 1.08. The van der Waals surface area contributed by atoms with Gasteiger partial charge < -0.3 is 10.6 Å². The van der Waals surface area contributed by atoms with Gasteiger partial charge in [-0.3, -0.25) is 0 Å². The van der Waals surface area contributed by atoms with Crippen LogP contribution in [0.15, 0.2) is 24.3 Å². The molecule has 0 amide bonds. The molecule has 0 bridgehead atoms. The third kappa shape index (κ3) is 2.71. The zero-order chi connectivity index (χ0) is 11.4. The van der Waals surface area contributed by atoms with Gasteiger partial charge in [0.1, 0.15) is 0 Å². The maximum Gasteiger partial charge on any atom is 0.183 e. The van der Waals surface area contributed by atoms with Crippen molar-refractivity contribution in [3.05, 3.63) is 24.3 Å². The Balaban J connectivity index is 1.99. The predicted octanol–water partition coefficient (Wildman–Crippen LogP) is 2.56. The molecule has 4 heteroatoms. The molecule has 0 aliphatic rings. The SMILES string of the molecule is CNCC(C)CNc1nc2ccccc2s1. The van der Waals surface area contributed by atoms with Crippen molar-refractivity contribution >= 4 is 26.7 Å². The highest BCUT2D eigenvalue weighted by Gasteiger charge is 2.04. The van der Waals surface area contributed by atoms with Crippen LogP contribution in [0.5, 0.6) is 0 Å². The van der Waals surface area contributed by atoms with Crippen LogP contribution >= 0.6 is 11.3 Å². The lowest BCUT2D eigenvalue weighted by molar-refractivity contribution is 0.569. The van der Waals surface area contributed by atoms with E-state index in [0.717, 1.165) is 23.7 Å². The van der Waals surface area contributed by atoms with E-state index in [9.17, 15) is 0 Å². The van der Waals surface area contributed by atoms with Gasteiger partial charge in [0, 0.05) is 6.54 Å². The van der Waals surface area contributed by atoms with Crippen LogP contribution in [0.3, 0.4) is 0 Å². The first-order valence-electron chi connectivity index (χ1n) is 5.53. The van der Waals surface area contributed by atoms with Gasteiger partial charge in [-0.2, -0.15) is 0 Å². The largest absolute Gasteiger partial charge is 0.361 e. The van der Waals surface area contributed by atoms with Crippen LogP contribution in [0.25, 0.3) is 10.2 Å². The highest BCUT2D eigenvalue weighted by atomic mass is 32.1. The number of hydrogen-bond acceptors (Lipinski definition) is 4. The van der Waals surface area contributed by atoms with E-state index in [4.69, 9.17) is 0 Å². The van der Waals surface area contributed by atoms with Crippen molar-refractivity contribution in [3.63, 3.8) is 0 Å². The number of aromatic nitrogens is 1. The van der Waals surface area contributed by atoms with E-state index in [1.165, 1.54) is 4.70 Å². The van der Waals surface area contributed by atoms with Gasteiger partial charge in [0.2, 0.25) is 0 Å². The number of nitrogens with zero attached hydrogens (tertiary/aromatic N) is 1. The Labute approximate surface area is 99.9 Å². The molecule has 2 aromatic rings. The quantitative estimate of drug-likeness (QED) is 0.836. The van der Waals surface area contributed by atoms with Crippen LogP contribution in [0.2, 0.25) is 0 Å². The number of para-hydroxylation sites is 1. The molecule has 1 atom stereocenters. The van der Waals surface area contributed by atoms with Gasteiger partial charge in [-0.1, -0.05) is 30.4 Å². The van der Waals surface area contributed by atoms with E-state index in [1.54, 1.807) is 11.3 Å². The average Bonchev–Trinajstić information content (AvgIpc) is 2.69. The van der Waals surface area contributed by atoms with Crippen molar-refractivity contribution in [1.82, 2.24) is 10.3 Å². The molecule has 1 aromatic carbocycles. The van der Waals surface area contributed by atoms with Gasteiger partial charge in [0.25, 0.3) is 0 Å². The standard InChI is InChI=1S/C12H17N3S/c1-9(7-13-2)8-14-12-15-10-5-3-4-6-11(10)16-12/h3-6,9,13H,7-8H2,1-2H3,(H,14,15). The topological polar surface area (TPSA) is 37.0 Å². The summed E-state index contributed by atoms with van der Waals surface area (Å²) >= 11 is 1.71. The van der Waals surface area contributed by atoms with Crippen molar-refractivity contribution in [3.8, 4) is 0 Å². The van der Waals surface area contributed by atoms with Crippen LogP contribution in [-0.2, 0) is 0 Å². The molecule has 86 valence electrons. The van der Waals surface area contributed by atoms with Crippen molar-refractivity contribution in [2.24, 2.45) is 5.92 Å². The number of thiazole rings is 1. The molecule has 1 heterocycles. The second-order valence-corrected chi connectivity index (χ2v) is 5.06. The fourth-order valence-corrected chi connectivity index (χ4v) is 2.50. The molecule has 1 aromatic heterocycles. The van der Waals surface area contributed by atoms with E-state index in [2.05, 4.69) is 28.6 Å². The van der Waals surface area contributed by atoms with E-state index in [1.807, 2.05) is 25.2 Å². The Hall–Kier alpha value is -1.13. The first kappa shape index (κ1) is 11.4. The van der Waals surface area contributed by atoms with Gasteiger partial charge in [-0.25, -0.2) is 4.98 Å². The third-order valence-electron chi connectivity index (χ3n) is 2.45. The first-order chi connectivity index (χ1) is 7.79. The molecule has 1 unspecified atom stereocenters. The van der Waals surface area contributed by atoms with Crippen LogP contribution < -0.4 is 10.6 Å². The number of rotatable bonds is 5. The molecule has 0 radical (unpaired) electrons. The first-order valence-corrected chi connectivity index (χ1v) is 6.35. The second-order valence-electron chi connectivity index (χ2n) is 4.03. The number of nitrogens with one attached hydrogen (secondary N) is 2. The predicted molar refractivity (Wildman–Crippen MR) is 71.2 cm³/mol. The van der Waals surface area contributed by atoms with Gasteiger partial charge >= 0.3 is 0 Å². The molecule has 0 aliphatic carbocycles. The molecule has 0 spiro atoms. The van der Waals surface area contributed by atoms with Gasteiger partial charge in [-0.05, 0) is 31.6 Å². The summed E-state index contributed by atoms with van der Waals surface area (Å²) in [5.74, 6) is 0.608. The number of fused-ring (bicyclic) bond motifs is 1. The van der Waals surface area contributed by atoms with Gasteiger partial charge in [0.15, 0.2) is 5.13 Å². The molecule has 2 rings (SSSR count). The van der Waals surface area contributed by atoms with Crippen LogP contribution in [0.4, 0.5) is 5.13 Å². The summed E-state index contributed by atoms with van der Waals surface area (Å²) in [7, 11) is 1.98. The number of benzene rings is 1. The molecule has 0 saturated heterocycles. The zero-order valence-electron chi connectivity index (χ0n) is 9.66. The molecule has 0 saturated carbocycles. The van der Waals surface area contributed by atoms with E-state index >= 15 is 0 Å². The Morgan fingerprint density at radius 2 is 2.12 bits per heavy atom. The average molecular weight is 235 g/mol. The number of hydrogen-bond donors (Lipinski definition) is 2. The van der Waals surface area contributed by atoms with Crippen molar-refractivity contribution in [1.29, 1.82) is 0 Å². The van der Waals surface area contributed by atoms with Crippen molar-refractivity contribution in [2.45, 2.75) is 6.92 Å². The molecule has 0 aliphatic heterocycles. The minimum atomic E-state index is 0.608. The minimum absolute atomic E-state index is 0.608. The minimum Gasteiger partial charge on any atom is -0.361 e. The van der Waals surface area contributed by atoms with Crippen LogP contribution in [0, 0.1) is 5.92 Å². The maximum atomic E-state index is 4.53. The smallest absolute Gasteiger partial charge is 0.183 e. The zero-order valence-corrected chi connectivity index (χ0v) is 10.5. The molecular weight excluding hydrogens is 218 g/mol. The molecular formula is C12H17N3S. The summed E-state index contributed by atoms with van der Waals surface area (Å²) in [6.45, 7) is 4.20. The van der Waals surface area contributed by atoms with Gasteiger partial charge in [0.05, 0.1) is 10.2 Å². The van der Waals surface area contributed by atoms with Gasteiger partial charge in [-0.15, -0.1) is 0 Å². The molecule has 3 nitrogen and oxygen atoms in total. The Morgan fingerprint density at radius 3 is 2.88 bits per heavy atom. The molecule has 0 fully saturated rings. The Bertz CT molecular complexity index is 419. The lowest BCUT2D eigenvalue weighted by atomic mass is 10.2. The van der Waals surface area contributed by atoms with E-state index < -0.39 is 0 Å². The Kier molecular flexibility index (Phi) is 3.74. The highest BCUT2D eigenvalue weighted by Crippen LogP contribution is 2.25. The summed E-state index contributed by atoms with van der Waals surface area (Å²) in [6, 6.07) is 8.23. The third-order valence-corrected chi connectivity index (χ3v) is 3.44. The highest BCUT2D eigenvalue weighted by molar-refractivity contribution is 7.22. The summed E-state index contributed by atoms with van der Waals surface area (Å²) in [6.07, 6.45) is 0. The fraction of sp³-hybridized carbons (Fsp3) is 0.417.